The van der Waals surface area contributed by atoms with Gasteiger partial charge in [0, 0.05) is 31.3 Å². The van der Waals surface area contributed by atoms with E-state index < -0.39 is 0 Å². The molecule has 0 radical (unpaired) electrons. The van der Waals surface area contributed by atoms with Gasteiger partial charge in [-0.3, -0.25) is 0 Å². The molecule has 13 heavy (non-hydrogen) atoms. The van der Waals surface area contributed by atoms with Crippen molar-refractivity contribution in [2.45, 2.75) is 12.8 Å². The van der Waals surface area contributed by atoms with Gasteiger partial charge >= 0.3 is 0 Å². The zero-order valence-corrected chi connectivity index (χ0v) is 8.09. The van der Waals surface area contributed by atoms with Crippen LogP contribution >= 0.6 is 11.5 Å². The maximum absolute atomic E-state index is 5.27. The smallest absolute Gasteiger partial charge is 0.225 e. The molecule has 0 saturated carbocycles. The van der Waals surface area contributed by atoms with E-state index in [0.717, 1.165) is 37.7 Å². The van der Waals surface area contributed by atoms with Crippen molar-refractivity contribution >= 4 is 16.7 Å². The molecule has 2 heterocycles. The standard InChI is InChI=1S/C7H12N4OS/c1-3-12-4-2-6(1)5-8-7-9-10-11-13-7/h6H,1-5H2,(H,8,9,11). The highest BCUT2D eigenvalue weighted by atomic mass is 32.1. The third-order valence-corrected chi connectivity index (χ3v) is 2.74. The van der Waals surface area contributed by atoms with E-state index in [1.807, 2.05) is 0 Å². The fraction of sp³-hybridized carbons (Fsp3) is 0.857. The topological polar surface area (TPSA) is 59.9 Å². The lowest BCUT2D eigenvalue weighted by Crippen LogP contribution is -2.22. The molecule has 0 spiro atoms. The van der Waals surface area contributed by atoms with Crippen molar-refractivity contribution in [1.29, 1.82) is 0 Å². The van der Waals surface area contributed by atoms with Crippen LogP contribution in [0.5, 0.6) is 0 Å². The number of hydrogen-bond acceptors (Lipinski definition) is 6. The first-order chi connectivity index (χ1) is 6.45. The van der Waals surface area contributed by atoms with E-state index >= 15 is 0 Å². The molecule has 1 saturated heterocycles. The Kier molecular flexibility index (Phi) is 3.04. The minimum absolute atomic E-state index is 0.706. The molecule has 1 aromatic rings. The van der Waals surface area contributed by atoms with Crippen molar-refractivity contribution in [1.82, 2.24) is 14.8 Å². The lowest BCUT2D eigenvalue weighted by Gasteiger charge is -2.21. The summed E-state index contributed by atoms with van der Waals surface area (Å²) in [6.07, 6.45) is 2.28. The van der Waals surface area contributed by atoms with E-state index in [-0.39, 0.29) is 0 Å². The highest BCUT2D eigenvalue weighted by molar-refractivity contribution is 7.09. The van der Waals surface area contributed by atoms with Crippen LogP contribution in [0.3, 0.4) is 0 Å². The molecular weight excluding hydrogens is 188 g/mol. The van der Waals surface area contributed by atoms with Crippen LogP contribution in [-0.4, -0.2) is 34.6 Å². The second-order valence-electron chi connectivity index (χ2n) is 3.10. The number of hydrogen-bond donors (Lipinski definition) is 1. The molecule has 0 amide bonds. The third kappa shape index (κ3) is 2.60. The summed E-state index contributed by atoms with van der Waals surface area (Å²) in [5.41, 5.74) is 0. The highest BCUT2D eigenvalue weighted by Crippen LogP contribution is 2.15. The van der Waals surface area contributed by atoms with Gasteiger partial charge in [-0.25, -0.2) is 0 Å². The fourth-order valence-corrected chi connectivity index (χ4v) is 1.76. The second kappa shape index (κ2) is 4.48. The van der Waals surface area contributed by atoms with Gasteiger partial charge < -0.3 is 10.1 Å². The molecule has 1 aromatic heterocycles. The molecule has 72 valence electrons. The van der Waals surface area contributed by atoms with Crippen LogP contribution in [0.2, 0.25) is 0 Å². The van der Waals surface area contributed by atoms with Crippen molar-refractivity contribution in [2.75, 3.05) is 25.1 Å². The molecule has 2 rings (SSSR count). The van der Waals surface area contributed by atoms with E-state index in [0.29, 0.717) is 5.92 Å². The van der Waals surface area contributed by atoms with Gasteiger partial charge in [-0.05, 0) is 24.0 Å². The van der Waals surface area contributed by atoms with Crippen molar-refractivity contribution in [3.8, 4) is 0 Å². The van der Waals surface area contributed by atoms with Crippen LogP contribution in [-0.2, 0) is 4.74 Å². The zero-order chi connectivity index (χ0) is 8.93. The van der Waals surface area contributed by atoms with Crippen LogP contribution < -0.4 is 5.32 Å². The van der Waals surface area contributed by atoms with Crippen LogP contribution in [0.1, 0.15) is 12.8 Å². The van der Waals surface area contributed by atoms with E-state index in [4.69, 9.17) is 4.74 Å². The van der Waals surface area contributed by atoms with Gasteiger partial charge in [-0.1, -0.05) is 9.59 Å². The predicted molar refractivity (Wildman–Crippen MR) is 49.7 cm³/mol. The number of anilines is 1. The maximum Gasteiger partial charge on any atom is 0.225 e. The first-order valence-corrected chi connectivity index (χ1v) is 5.19. The molecule has 5 nitrogen and oxygen atoms in total. The molecule has 6 heteroatoms. The Bertz CT molecular complexity index is 235. The maximum atomic E-state index is 5.27. The molecule has 1 fully saturated rings. The Labute approximate surface area is 80.7 Å². The molecule has 0 aliphatic carbocycles. The fourth-order valence-electron chi connectivity index (χ4n) is 1.38. The second-order valence-corrected chi connectivity index (χ2v) is 3.84. The number of rotatable bonds is 3. The largest absolute Gasteiger partial charge is 0.381 e. The summed E-state index contributed by atoms with van der Waals surface area (Å²) < 4.78 is 8.95. The monoisotopic (exact) mass is 200 g/mol. The Balaban J connectivity index is 1.72. The number of ether oxygens (including phenoxy) is 1. The van der Waals surface area contributed by atoms with E-state index in [1.165, 1.54) is 11.5 Å². The van der Waals surface area contributed by atoms with Gasteiger partial charge in [0.1, 0.15) is 0 Å². The molecule has 0 bridgehead atoms. The molecule has 1 aliphatic heterocycles. The van der Waals surface area contributed by atoms with Gasteiger partial charge in [0.15, 0.2) is 0 Å². The minimum atomic E-state index is 0.706. The van der Waals surface area contributed by atoms with E-state index in [1.54, 1.807) is 0 Å². The minimum Gasteiger partial charge on any atom is -0.381 e. The Morgan fingerprint density at radius 2 is 2.31 bits per heavy atom. The summed E-state index contributed by atoms with van der Waals surface area (Å²) in [6.45, 7) is 2.74. The summed E-state index contributed by atoms with van der Waals surface area (Å²) >= 11 is 1.30. The van der Waals surface area contributed by atoms with Gasteiger partial charge in [-0.15, -0.1) is 0 Å². The Hall–Kier alpha value is -0.750. The van der Waals surface area contributed by atoms with Crippen LogP contribution in [0.4, 0.5) is 5.13 Å². The average molecular weight is 200 g/mol. The van der Waals surface area contributed by atoms with E-state index in [2.05, 4.69) is 20.1 Å². The van der Waals surface area contributed by atoms with Crippen LogP contribution in [0.15, 0.2) is 0 Å². The molecule has 0 atom stereocenters. The Morgan fingerprint density at radius 3 is 3.00 bits per heavy atom. The van der Waals surface area contributed by atoms with Crippen molar-refractivity contribution in [3.63, 3.8) is 0 Å². The van der Waals surface area contributed by atoms with Gasteiger partial charge in [0.25, 0.3) is 0 Å². The first kappa shape index (κ1) is 8.83. The number of nitrogens with one attached hydrogen (secondary N) is 1. The number of aromatic nitrogens is 3. The summed E-state index contributed by atoms with van der Waals surface area (Å²) in [6, 6.07) is 0. The predicted octanol–water partition coefficient (Wildman–Crippen LogP) is 0.772. The van der Waals surface area contributed by atoms with E-state index in [9.17, 15) is 0 Å². The lowest BCUT2D eigenvalue weighted by molar-refractivity contribution is 0.0699. The molecule has 0 aromatic carbocycles. The quantitative estimate of drug-likeness (QED) is 0.781. The molecule has 1 N–H and O–H groups in total. The molecular formula is C7H12N4OS. The molecule has 1 aliphatic rings. The van der Waals surface area contributed by atoms with Crippen LogP contribution in [0.25, 0.3) is 0 Å². The SMILES string of the molecule is C1CC(CNc2nnns2)CCO1. The summed E-state index contributed by atoms with van der Waals surface area (Å²) in [5, 5.41) is 11.4. The molecule has 0 unspecified atom stereocenters. The van der Waals surface area contributed by atoms with Gasteiger partial charge in [0.05, 0.1) is 0 Å². The average Bonchev–Trinajstić information content (AvgIpc) is 2.69. The van der Waals surface area contributed by atoms with Gasteiger partial charge in [0.2, 0.25) is 5.13 Å². The third-order valence-electron chi connectivity index (χ3n) is 2.18. The number of nitrogens with zero attached hydrogens (tertiary/aromatic N) is 3. The first-order valence-electron chi connectivity index (χ1n) is 4.42. The van der Waals surface area contributed by atoms with Crippen molar-refractivity contribution < 1.29 is 4.74 Å². The zero-order valence-electron chi connectivity index (χ0n) is 7.27. The van der Waals surface area contributed by atoms with Crippen molar-refractivity contribution in [3.05, 3.63) is 0 Å². The van der Waals surface area contributed by atoms with Crippen molar-refractivity contribution in [2.24, 2.45) is 5.92 Å². The normalized spacial score (nSPS) is 18.8. The Morgan fingerprint density at radius 1 is 1.46 bits per heavy atom. The van der Waals surface area contributed by atoms with Crippen LogP contribution in [0, 0.1) is 5.92 Å². The summed E-state index contributed by atoms with van der Waals surface area (Å²) in [4.78, 5) is 0. The highest BCUT2D eigenvalue weighted by Gasteiger charge is 2.13. The van der Waals surface area contributed by atoms with Gasteiger partial charge in [-0.2, -0.15) is 0 Å². The lowest BCUT2D eigenvalue weighted by atomic mass is 10.0. The summed E-state index contributed by atoms with van der Waals surface area (Å²) in [7, 11) is 0. The summed E-state index contributed by atoms with van der Waals surface area (Å²) in [5.74, 6) is 0.706.